The van der Waals surface area contributed by atoms with Gasteiger partial charge in [0.25, 0.3) is 11.7 Å². The number of hydrogen-bond acceptors (Lipinski definition) is 3. The third kappa shape index (κ3) is 2.36. The number of hydrogen-bond donors (Lipinski definition) is 1. The molecule has 1 heterocycles. The Morgan fingerprint density at radius 3 is 2.85 bits per heavy atom. The zero-order chi connectivity index (χ0) is 14.3. The fourth-order valence-corrected chi connectivity index (χ4v) is 2.28. The molecule has 1 aromatic rings. The zero-order valence-corrected chi connectivity index (χ0v) is 11.0. The molecule has 3 rings (SSSR count). The van der Waals surface area contributed by atoms with Gasteiger partial charge >= 0.3 is 0 Å². The highest BCUT2D eigenvalue weighted by Gasteiger charge is 2.36. The van der Waals surface area contributed by atoms with Gasteiger partial charge in [-0.3, -0.25) is 9.59 Å². The minimum absolute atomic E-state index is 0.237. The predicted molar refractivity (Wildman–Crippen MR) is 73.2 cm³/mol. The Balaban J connectivity index is 1.75. The summed E-state index contributed by atoms with van der Waals surface area (Å²) in [5, 5.41) is 3.30. The lowest BCUT2D eigenvalue weighted by atomic mass is 10.1. The van der Waals surface area contributed by atoms with Crippen molar-refractivity contribution in [1.29, 1.82) is 0 Å². The van der Waals surface area contributed by atoms with E-state index in [4.69, 9.17) is 0 Å². The van der Waals surface area contributed by atoms with Crippen molar-refractivity contribution >= 4 is 17.4 Å². The summed E-state index contributed by atoms with van der Waals surface area (Å²) < 4.78 is 13.3. The van der Waals surface area contributed by atoms with Gasteiger partial charge in [0.05, 0.1) is 11.3 Å². The van der Waals surface area contributed by atoms with Crippen LogP contribution in [0.3, 0.4) is 0 Å². The average Bonchev–Trinajstić information content (AvgIpc) is 3.21. The molecule has 5 heteroatoms. The smallest absolute Gasteiger partial charge is 0.299 e. The fraction of sp³-hybridized carbons (Fsp3) is 0.333. The Morgan fingerprint density at radius 2 is 2.15 bits per heavy atom. The lowest BCUT2D eigenvalue weighted by Crippen LogP contribution is -2.34. The maximum absolute atomic E-state index is 13.3. The highest BCUT2D eigenvalue weighted by atomic mass is 19.1. The maximum Gasteiger partial charge on any atom is 0.299 e. The number of carbonyl (C=O) groups excluding carboxylic acids is 2. The molecule has 2 aliphatic rings. The van der Waals surface area contributed by atoms with E-state index in [9.17, 15) is 14.0 Å². The lowest BCUT2D eigenvalue weighted by Gasteiger charge is -2.18. The lowest BCUT2D eigenvalue weighted by molar-refractivity contribution is -0.114. The van der Waals surface area contributed by atoms with Gasteiger partial charge in [-0.1, -0.05) is 6.58 Å². The van der Waals surface area contributed by atoms with E-state index in [1.54, 1.807) is 0 Å². The number of ketones is 1. The number of benzene rings is 1. The average molecular weight is 274 g/mol. The number of halogens is 1. The number of rotatable bonds is 5. The summed E-state index contributed by atoms with van der Waals surface area (Å²) in [6, 6.07) is 4.32. The van der Waals surface area contributed by atoms with Crippen molar-refractivity contribution in [3.8, 4) is 0 Å². The molecule has 1 amide bonds. The molecule has 1 aromatic carbocycles. The minimum atomic E-state index is -0.613. The summed E-state index contributed by atoms with van der Waals surface area (Å²) in [7, 11) is 0. The SMILES string of the molecule is C=C(CNC1CC1)CN1C(=O)C(=O)c2ccc(F)cc21. The third-order valence-electron chi connectivity index (χ3n) is 3.53. The molecular weight excluding hydrogens is 259 g/mol. The number of fused-ring (bicyclic) bond motifs is 1. The molecule has 0 bridgehead atoms. The highest BCUT2D eigenvalue weighted by molar-refractivity contribution is 6.52. The molecule has 1 aliphatic carbocycles. The van der Waals surface area contributed by atoms with Crippen LogP contribution >= 0.6 is 0 Å². The van der Waals surface area contributed by atoms with Crippen LogP contribution < -0.4 is 10.2 Å². The van der Waals surface area contributed by atoms with Gasteiger partial charge in [0.2, 0.25) is 0 Å². The Kier molecular flexibility index (Phi) is 3.14. The normalized spacial score (nSPS) is 17.6. The molecule has 0 atom stereocenters. The Hall–Kier alpha value is -2.01. The van der Waals surface area contributed by atoms with E-state index >= 15 is 0 Å². The highest BCUT2D eigenvalue weighted by Crippen LogP contribution is 2.30. The van der Waals surface area contributed by atoms with Gasteiger partial charge in [-0.05, 0) is 36.6 Å². The van der Waals surface area contributed by atoms with Gasteiger partial charge in [-0.2, -0.15) is 0 Å². The van der Waals surface area contributed by atoms with Crippen LogP contribution in [-0.2, 0) is 4.79 Å². The van der Waals surface area contributed by atoms with Gasteiger partial charge in [-0.25, -0.2) is 4.39 Å². The summed E-state index contributed by atoms with van der Waals surface area (Å²) in [5.41, 5.74) is 1.40. The van der Waals surface area contributed by atoms with Crippen LogP contribution in [0.15, 0.2) is 30.4 Å². The first-order valence-electron chi connectivity index (χ1n) is 6.62. The van der Waals surface area contributed by atoms with Crippen LogP contribution in [0.25, 0.3) is 0 Å². The van der Waals surface area contributed by atoms with E-state index in [2.05, 4.69) is 11.9 Å². The van der Waals surface area contributed by atoms with Crippen molar-refractivity contribution in [2.24, 2.45) is 0 Å². The molecule has 0 unspecified atom stereocenters. The standard InChI is InChI=1S/C15H15FN2O2/c1-9(7-17-11-3-4-11)8-18-13-6-10(16)2-5-12(13)14(19)15(18)20/h2,5-6,11,17H,1,3-4,7-8H2. The molecule has 4 nitrogen and oxygen atoms in total. The van der Waals surface area contributed by atoms with Gasteiger partial charge in [0.1, 0.15) is 5.82 Å². The molecule has 20 heavy (non-hydrogen) atoms. The van der Waals surface area contributed by atoms with Crippen LogP contribution in [-0.4, -0.2) is 30.8 Å². The van der Waals surface area contributed by atoms with E-state index in [0.717, 1.165) is 5.57 Å². The second-order valence-corrected chi connectivity index (χ2v) is 5.29. The van der Waals surface area contributed by atoms with E-state index in [1.165, 1.54) is 35.9 Å². The number of Topliss-reactive ketones (excluding diaryl/α,β-unsaturated/α-hetero) is 1. The summed E-state index contributed by atoms with van der Waals surface area (Å²) in [4.78, 5) is 25.1. The number of nitrogens with zero attached hydrogens (tertiary/aromatic N) is 1. The van der Waals surface area contributed by atoms with E-state index in [1.807, 2.05) is 0 Å². The van der Waals surface area contributed by atoms with Gasteiger partial charge in [-0.15, -0.1) is 0 Å². The van der Waals surface area contributed by atoms with Crippen LogP contribution in [0.2, 0.25) is 0 Å². The molecule has 0 saturated heterocycles. The first kappa shape index (κ1) is 13.0. The first-order valence-corrected chi connectivity index (χ1v) is 6.62. The van der Waals surface area contributed by atoms with Crippen molar-refractivity contribution < 1.29 is 14.0 Å². The molecule has 0 radical (unpaired) electrons. The second kappa shape index (κ2) is 4.83. The number of carbonyl (C=O) groups is 2. The second-order valence-electron chi connectivity index (χ2n) is 5.29. The van der Waals surface area contributed by atoms with Crippen LogP contribution in [0.1, 0.15) is 23.2 Å². The molecule has 1 N–H and O–H groups in total. The van der Waals surface area contributed by atoms with E-state index < -0.39 is 17.5 Å². The molecule has 1 fully saturated rings. The number of nitrogens with one attached hydrogen (secondary N) is 1. The number of anilines is 1. The van der Waals surface area contributed by atoms with Crippen LogP contribution in [0, 0.1) is 5.82 Å². The van der Waals surface area contributed by atoms with Gasteiger partial charge in [0, 0.05) is 19.1 Å². The summed E-state index contributed by atoms with van der Waals surface area (Å²) in [6.07, 6.45) is 2.34. The van der Waals surface area contributed by atoms with Crippen molar-refractivity contribution in [2.45, 2.75) is 18.9 Å². The summed E-state index contributed by atoms with van der Waals surface area (Å²) in [5.74, 6) is -1.65. The van der Waals surface area contributed by atoms with E-state index in [-0.39, 0.29) is 12.1 Å². The largest absolute Gasteiger partial charge is 0.310 e. The molecule has 104 valence electrons. The zero-order valence-electron chi connectivity index (χ0n) is 11.0. The van der Waals surface area contributed by atoms with Crippen molar-refractivity contribution in [3.05, 3.63) is 41.7 Å². The number of amides is 1. The van der Waals surface area contributed by atoms with Crippen molar-refractivity contribution in [3.63, 3.8) is 0 Å². The summed E-state index contributed by atoms with van der Waals surface area (Å²) >= 11 is 0. The molecule has 0 spiro atoms. The molecule has 1 saturated carbocycles. The maximum atomic E-state index is 13.3. The van der Waals surface area contributed by atoms with Gasteiger partial charge < -0.3 is 10.2 Å². The quantitative estimate of drug-likeness (QED) is 0.656. The van der Waals surface area contributed by atoms with E-state index in [0.29, 0.717) is 18.3 Å². The molecule has 1 aliphatic heterocycles. The first-order chi connectivity index (χ1) is 9.56. The fourth-order valence-electron chi connectivity index (χ4n) is 2.28. The minimum Gasteiger partial charge on any atom is -0.310 e. The molecule has 0 aromatic heterocycles. The van der Waals surface area contributed by atoms with Crippen molar-refractivity contribution in [1.82, 2.24) is 5.32 Å². The molecular formula is C15H15FN2O2. The van der Waals surface area contributed by atoms with Crippen molar-refractivity contribution in [2.75, 3.05) is 18.0 Å². The Labute approximate surface area is 116 Å². The third-order valence-corrected chi connectivity index (χ3v) is 3.53. The Bertz CT molecular complexity index is 608. The Morgan fingerprint density at radius 1 is 1.40 bits per heavy atom. The predicted octanol–water partition coefficient (Wildman–Crippen LogP) is 1.66. The van der Waals surface area contributed by atoms with Crippen LogP contribution in [0.5, 0.6) is 0 Å². The monoisotopic (exact) mass is 274 g/mol. The summed E-state index contributed by atoms with van der Waals surface area (Å²) in [6.45, 7) is 4.75. The van der Waals surface area contributed by atoms with Gasteiger partial charge in [0.15, 0.2) is 0 Å². The van der Waals surface area contributed by atoms with Crippen LogP contribution in [0.4, 0.5) is 10.1 Å². The topological polar surface area (TPSA) is 49.4 Å².